The van der Waals surface area contributed by atoms with E-state index in [-0.39, 0.29) is 5.69 Å². The molecule has 1 aromatic rings. The van der Waals surface area contributed by atoms with Crippen LogP contribution in [-0.4, -0.2) is 35.8 Å². The molecule has 0 amide bonds. The third-order valence-corrected chi connectivity index (χ3v) is 2.82. The maximum atomic E-state index is 10.5. The molecule has 6 nitrogen and oxygen atoms in total. The number of nitro benzene ring substituents is 1. The number of anilines is 1. The molecule has 0 radical (unpaired) electrons. The molecule has 90 valence electrons. The van der Waals surface area contributed by atoms with Crippen molar-refractivity contribution in [2.45, 2.75) is 6.92 Å². The van der Waals surface area contributed by atoms with Gasteiger partial charge in [-0.3, -0.25) is 15.1 Å². The van der Waals surface area contributed by atoms with Crippen LogP contribution in [0.2, 0.25) is 0 Å². The van der Waals surface area contributed by atoms with Gasteiger partial charge in [0.1, 0.15) is 5.84 Å². The Bertz CT molecular complexity index is 455. The molecule has 2 rings (SSSR count). The number of nitro groups is 1. The van der Waals surface area contributed by atoms with E-state index in [2.05, 4.69) is 10.0 Å². The number of hydrogen-bond acceptors (Lipinski definition) is 5. The van der Waals surface area contributed by atoms with Crippen molar-refractivity contribution >= 4 is 17.2 Å². The first-order valence-corrected chi connectivity index (χ1v) is 5.36. The Balaban J connectivity index is 2.21. The molecule has 0 saturated carbocycles. The van der Waals surface area contributed by atoms with Crippen LogP contribution in [0.3, 0.4) is 0 Å². The maximum Gasteiger partial charge on any atom is 0.269 e. The summed E-state index contributed by atoms with van der Waals surface area (Å²) in [4.78, 5) is 12.2. The zero-order valence-electron chi connectivity index (χ0n) is 9.83. The fourth-order valence-corrected chi connectivity index (χ4v) is 1.64. The normalized spacial score (nSPS) is 15.8. The van der Waals surface area contributed by atoms with Crippen molar-refractivity contribution < 1.29 is 4.92 Å². The number of benzene rings is 1. The number of non-ortho nitro benzene ring substituents is 1. The third kappa shape index (κ3) is 2.35. The highest BCUT2D eigenvalue weighted by Gasteiger charge is 2.15. The van der Waals surface area contributed by atoms with E-state index in [0.29, 0.717) is 0 Å². The number of nitrogens with zero attached hydrogens (tertiary/aromatic N) is 4. The molecule has 0 bridgehead atoms. The van der Waals surface area contributed by atoms with Gasteiger partial charge in [-0.2, -0.15) is 5.10 Å². The lowest BCUT2D eigenvalue weighted by Crippen LogP contribution is -2.40. The predicted molar refractivity (Wildman–Crippen MR) is 66.2 cm³/mol. The highest BCUT2D eigenvalue weighted by atomic mass is 16.6. The molecular weight excluding hydrogens is 220 g/mol. The summed E-state index contributed by atoms with van der Waals surface area (Å²) in [6.07, 6.45) is 0. The van der Waals surface area contributed by atoms with Crippen molar-refractivity contribution in [1.29, 1.82) is 0 Å². The van der Waals surface area contributed by atoms with Crippen LogP contribution in [0.15, 0.2) is 29.4 Å². The van der Waals surface area contributed by atoms with Gasteiger partial charge in [0, 0.05) is 25.7 Å². The van der Waals surface area contributed by atoms with E-state index < -0.39 is 4.92 Å². The van der Waals surface area contributed by atoms with Crippen molar-refractivity contribution in [1.82, 2.24) is 4.90 Å². The predicted octanol–water partition coefficient (Wildman–Crippen LogP) is 1.68. The van der Waals surface area contributed by atoms with Crippen LogP contribution in [0.5, 0.6) is 0 Å². The van der Waals surface area contributed by atoms with Gasteiger partial charge in [-0.1, -0.05) is 0 Å². The number of rotatable bonds is 2. The average molecular weight is 234 g/mol. The lowest BCUT2D eigenvalue weighted by molar-refractivity contribution is -0.384. The van der Waals surface area contributed by atoms with Crippen LogP contribution in [0.25, 0.3) is 0 Å². The summed E-state index contributed by atoms with van der Waals surface area (Å²) in [6.45, 7) is 3.62. The molecule has 0 spiro atoms. The molecule has 1 aromatic carbocycles. The molecule has 0 aliphatic carbocycles. The van der Waals surface area contributed by atoms with Gasteiger partial charge in [-0.25, -0.2) is 0 Å². The Morgan fingerprint density at radius 2 is 1.94 bits per heavy atom. The second-order valence-electron chi connectivity index (χ2n) is 3.97. The van der Waals surface area contributed by atoms with Crippen molar-refractivity contribution in [2.75, 3.05) is 25.1 Å². The van der Waals surface area contributed by atoms with Crippen LogP contribution in [0, 0.1) is 10.1 Å². The zero-order chi connectivity index (χ0) is 12.4. The van der Waals surface area contributed by atoms with E-state index in [1.165, 1.54) is 12.1 Å². The Kier molecular flexibility index (Phi) is 2.95. The van der Waals surface area contributed by atoms with Gasteiger partial charge in [-0.05, 0) is 19.1 Å². The van der Waals surface area contributed by atoms with Gasteiger partial charge in [0.2, 0.25) is 0 Å². The van der Waals surface area contributed by atoms with Crippen molar-refractivity contribution in [2.24, 2.45) is 5.10 Å². The van der Waals surface area contributed by atoms with Crippen molar-refractivity contribution in [3.8, 4) is 0 Å². The first kappa shape index (κ1) is 11.4. The number of likely N-dealkylation sites (N-methyl/N-ethyl adjacent to an activating group) is 1. The average Bonchev–Trinajstić information content (AvgIpc) is 2.33. The van der Waals surface area contributed by atoms with Gasteiger partial charge in [0.15, 0.2) is 0 Å². The second kappa shape index (κ2) is 4.40. The van der Waals surface area contributed by atoms with Crippen LogP contribution < -0.4 is 5.01 Å². The lowest BCUT2D eigenvalue weighted by Gasteiger charge is -2.30. The molecule has 1 heterocycles. The van der Waals surface area contributed by atoms with E-state index in [1.807, 2.05) is 19.0 Å². The summed E-state index contributed by atoms with van der Waals surface area (Å²) >= 11 is 0. The topological polar surface area (TPSA) is 62.0 Å². The lowest BCUT2D eigenvalue weighted by atomic mass is 10.2. The minimum absolute atomic E-state index is 0.101. The SMILES string of the molecule is CC1=NN(c2ccc([N+](=O)[O-])cc2)CCN1C. The summed E-state index contributed by atoms with van der Waals surface area (Å²) in [5.74, 6) is 0.939. The van der Waals surface area contributed by atoms with E-state index in [0.717, 1.165) is 24.6 Å². The van der Waals surface area contributed by atoms with Gasteiger partial charge in [0.05, 0.1) is 17.2 Å². The molecule has 0 aromatic heterocycles. The summed E-state index contributed by atoms with van der Waals surface area (Å²) in [7, 11) is 1.99. The van der Waals surface area contributed by atoms with Crippen LogP contribution in [0.4, 0.5) is 11.4 Å². The van der Waals surface area contributed by atoms with Gasteiger partial charge in [0.25, 0.3) is 5.69 Å². The summed E-state index contributed by atoms with van der Waals surface area (Å²) in [5, 5.41) is 16.8. The maximum absolute atomic E-state index is 10.5. The van der Waals surface area contributed by atoms with Crippen LogP contribution >= 0.6 is 0 Å². The molecule has 0 fully saturated rings. The monoisotopic (exact) mass is 234 g/mol. The Morgan fingerprint density at radius 1 is 1.29 bits per heavy atom. The highest BCUT2D eigenvalue weighted by molar-refractivity contribution is 5.81. The molecular formula is C11H14N4O2. The van der Waals surface area contributed by atoms with E-state index in [4.69, 9.17) is 0 Å². The summed E-state index contributed by atoms with van der Waals surface area (Å²) in [6, 6.07) is 6.44. The first-order valence-electron chi connectivity index (χ1n) is 5.36. The quantitative estimate of drug-likeness (QED) is 0.577. The Hall–Kier alpha value is -2.11. The minimum atomic E-state index is -0.401. The smallest absolute Gasteiger partial charge is 0.269 e. The van der Waals surface area contributed by atoms with Crippen molar-refractivity contribution in [3.63, 3.8) is 0 Å². The minimum Gasteiger partial charge on any atom is -0.360 e. The van der Waals surface area contributed by atoms with Gasteiger partial charge in [-0.15, -0.1) is 0 Å². The largest absolute Gasteiger partial charge is 0.360 e. The van der Waals surface area contributed by atoms with Gasteiger partial charge < -0.3 is 4.90 Å². The van der Waals surface area contributed by atoms with E-state index in [9.17, 15) is 10.1 Å². The molecule has 1 aliphatic rings. The fourth-order valence-electron chi connectivity index (χ4n) is 1.64. The van der Waals surface area contributed by atoms with Crippen molar-refractivity contribution in [3.05, 3.63) is 34.4 Å². The Morgan fingerprint density at radius 3 is 2.47 bits per heavy atom. The zero-order valence-corrected chi connectivity index (χ0v) is 9.83. The van der Waals surface area contributed by atoms with E-state index >= 15 is 0 Å². The standard InChI is InChI=1S/C11H14N4O2/c1-9-12-14(8-7-13(9)2)10-3-5-11(6-4-10)15(16)17/h3-6H,7-8H2,1-2H3. The Labute approximate surface area is 99.3 Å². The molecule has 0 saturated heterocycles. The van der Waals surface area contributed by atoms with Crippen LogP contribution in [0.1, 0.15) is 6.92 Å². The fraction of sp³-hybridized carbons (Fsp3) is 0.364. The highest BCUT2D eigenvalue weighted by Crippen LogP contribution is 2.20. The second-order valence-corrected chi connectivity index (χ2v) is 3.97. The van der Waals surface area contributed by atoms with Gasteiger partial charge >= 0.3 is 0 Å². The molecule has 6 heteroatoms. The molecule has 0 unspecified atom stereocenters. The van der Waals surface area contributed by atoms with Crippen LogP contribution in [-0.2, 0) is 0 Å². The molecule has 0 atom stereocenters. The first-order chi connectivity index (χ1) is 8.08. The van der Waals surface area contributed by atoms with E-state index in [1.54, 1.807) is 12.1 Å². The third-order valence-electron chi connectivity index (χ3n) is 2.82. The molecule has 17 heavy (non-hydrogen) atoms. The molecule has 1 aliphatic heterocycles. The number of hydrazone groups is 1. The molecule has 0 N–H and O–H groups in total. The summed E-state index contributed by atoms with van der Waals surface area (Å²) < 4.78 is 0. The summed E-state index contributed by atoms with van der Waals surface area (Å²) in [5.41, 5.74) is 0.978. The number of hydrogen-bond donors (Lipinski definition) is 0. The number of amidine groups is 1.